The Morgan fingerprint density at radius 1 is 0.960 bits per heavy atom. The molecule has 3 atom stereocenters. The number of amides is 3. The second-order valence-electron chi connectivity index (χ2n) is 5.75. The molecular formula is C17H25N3O5. The molecule has 4 N–H and O–H groups in total. The molecule has 0 saturated heterocycles. The molecule has 0 aromatic heterocycles. The molecule has 0 spiro atoms. The molecule has 0 aliphatic heterocycles. The van der Waals surface area contributed by atoms with Crippen LogP contribution in [0.5, 0.6) is 0 Å². The van der Waals surface area contributed by atoms with Crippen LogP contribution in [0.15, 0.2) is 30.3 Å². The quantitative estimate of drug-likeness (QED) is 0.538. The summed E-state index contributed by atoms with van der Waals surface area (Å²) in [5, 5.41) is 16.3. The van der Waals surface area contributed by atoms with Gasteiger partial charge in [0.1, 0.15) is 18.7 Å². The second kappa shape index (κ2) is 10.3. The minimum absolute atomic E-state index is 0.0961. The van der Waals surface area contributed by atoms with Crippen LogP contribution in [-0.2, 0) is 20.9 Å². The fourth-order valence-corrected chi connectivity index (χ4v) is 1.82. The van der Waals surface area contributed by atoms with E-state index in [0.29, 0.717) is 0 Å². The number of ether oxygens (including phenoxy) is 1. The Balaban J connectivity index is 2.37. The highest BCUT2D eigenvalue weighted by Gasteiger charge is 2.22. The molecule has 138 valence electrons. The van der Waals surface area contributed by atoms with E-state index in [-0.39, 0.29) is 13.2 Å². The first-order valence-electron chi connectivity index (χ1n) is 8.02. The van der Waals surface area contributed by atoms with Crippen molar-refractivity contribution in [2.45, 2.75) is 45.5 Å². The van der Waals surface area contributed by atoms with E-state index in [0.717, 1.165) is 5.56 Å². The standard InChI is InChI=1S/C17H25N3O5/c1-11(9-21)18-15(22)12(2)19-16(23)13(3)20-17(24)25-10-14-7-5-4-6-8-14/h4-8,11-13,21H,9-10H2,1-3H3,(H,18,22)(H,19,23)(H,20,24)/t11-,12-,13-/m0/s1. The highest BCUT2D eigenvalue weighted by molar-refractivity contribution is 5.90. The summed E-state index contributed by atoms with van der Waals surface area (Å²) in [5.41, 5.74) is 0.832. The molecule has 3 amide bonds. The minimum atomic E-state index is -0.867. The lowest BCUT2D eigenvalue weighted by atomic mass is 10.2. The van der Waals surface area contributed by atoms with Crippen LogP contribution in [0.25, 0.3) is 0 Å². The summed E-state index contributed by atoms with van der Waals surface area (Å²) < 4.78 is 5.03. The Kier molecular flexibility index (Phi) is 8.42. The normalized spacial score (nSPS) is 13.9. The first kappa shape index (κ1) is 20.4. The van der Waals surface area contributed by atoms with Crippen molar-refractivity contribution in [3.63, 3.8) is 0 Å². The van der Waals surface area contributed by atoms with Crippen molar-refractivity contribution in [1.82, 2.24) is 16.0 Å². The van der Waals surface area contributed by atoms with E-state index in [1.54, 1.807) is 6.92 Å². The number of aliphatic hydroxyl groups excluding tert-OH is 1. The van der Waals surface area contributed by atoms with Crippen LogP contribution in [0.3, 0.4) is 0 Å². The van der Waals surface area contributed by atoms with Gasteiger partial charge in [-0.15, -0.1) is 0 Å². The number of carbonyl (C=O) groups is 3. The van der Waals surface area contributed by atoms with E-state index in [1.807, 2.05) is 30.3 Å². The molecule has 0 aliphatic rings. The largest absolute Gasteiger partial charge is 0.445 e. The molecule has 8 nitrogen and oxygen atoms in total. The van der Waals surface area contributed by atoms with Gasteiger partial charge in [-0.05, 0) is 26.3 Å². The Bertz CT molecular complexity index is 579. The predicted molar refractivity (Wildman–Crippen MR) is 91.5 cm³/mol. The molecule has 0 unspecified atom stereocenters. The van der Waals surface area contributed by atoms with Gasteiger partial charge in [0, 0.05) is 6.04 Å². The lowest BCUT2D eigenvalue weighted by molar-refractivity contribution is -0.129. The minimum Gasteiger partial charge on any atom is -0.445 e. The number of nitrogens with one attached hydrogen (secondary N) is 3. The molecule has 0 fully saturated rings. The van der Waals surface area contributed by atoms with Crippen LogP contribution < -0.4 is 16.0 Å². The maximum Gasteiger partial charge on any atom is 0.408 e. The Morgan fingerprint density at radius 2 is 1.52 bits per heavy atom. The number of hydrogen-bond donors (Lipinski definition) is 4. The van der Waals surface area contributed by atoms with Gasteiger partial charge in [-0.25, -0.2) is 4.79 Å². The fraction of sp³-hybridized carbons (Fsp3) is 0.471. The third-order valence-corrected chi connectivity index (χ3v) is 3.35. The summed E-state index contributed by atoms with van der Waals surface area (Å²) in [6.07, 6.45) is -0.725. The van der Waals surface area contributed by atoms with E-state index in [2.05, 4.69) is 16.0 Å². The van der Waals surface area contributed by atoms with E-state index in [1.165, 1.54) is 13.8 Å². The number of carbonyl (C=O) groups excluding carboxylic acids is 3. The van der Waals surface area contributed by atoms with Gasteiger partial charge in [0.25, 0.3) is 0 Å². The summed E-state index contributed by atoms with van der Waals surface area (Å²) in [4.78, 5) is 35.5. The molecule has 25 heavy (non-hydrogen) atoms. The van der Waals surface area contributed by atoms with Crippen LogP contribution >= 0.6 is 0 Å². The SMILES string of the molecule is C[C@H](NC(=O)OCc1ccccc1)C(=O)N[C@@H](C)C(=O)N[C@@H](C)CO. The lowest BCUT2D eigenvalue weighted by Gasteiger charge is -2.19. The molecule has 8 heteroatoms. The first-order valence-corrected chi connectivity index (χ1v) is 8.02. The summed E-state index contributed by atoms with van der Waals surface area (Å²) in [6, 6.07) is 7.08. The summed E-state index contributed by atoms with van der Waals surface area (Å²) in [5.74, 6) is -0.940. The topological polar surface area (TPSA) is 117 Å². The van der Waals surface area contributed by atoms with Gasteiger partial charge in [0.05, 0.1) is 6.61 Å². The van der Waals surface area contributed by atoms with Crippen molar-refractivity contribution in [2.75, 3.05) is 6.61 Å². The van der Waals surface area contributed by atoms with Gasteiger partial charge in [-0.2, -0.15) is 0 Å². The van der Waals surface area contributed by atoms with Crippen LogP contribution in [-0.4, -0.2) is 47.7 Å². The Morgan fingerprint density at radius 3 is 2.12 bits per heavy atom. The Labute approximate surface area is 146 Å². The first-order chi connectivity index (χ1) is 11.8. The van der Waals surface area contributed by atoms with Gasteiger partial charge in [-0.3, -0.25) is 9.59 Å². The molecule has 1 rings (SSSR count). The van der Waals surface area contributed by atoms with E-state index in [9.17, 15) is 14.4 Å². The predicted octanol–water partition coefficient (Wildman–Crippen LogP) is 0.303. The van der Waals surface area contributed by atoms with Crippen LogP contribution in [0.4, 0.5) is 4.79 Å². The van der Waals surface area contributed by atoms with Crippen molar-refractivity contribution < 1.29 is 24.2 Å². The highest BCUT2D eigenvalue weighted by Crippen LogP contribution is 2.00. The van der Waals surface area contributed by atoms with Crippen LogP contribution in [0.1, 0.15) is 26.3 Å². The van der Waals surface area contributed by atoms with Gasteiger partial charge < -0.3 is 25.8 Å². The molecule has 0 radical (unpaired) electrons. The third-order valence-electron chi connectivity index (χ3n) is 3.35. The van der Waals surface area contributed by atoms with Crippen LogP contribution in [0, 0.1) is 0 Å². The lowest BCUT2D eigenvalue weighted by Crippen LogP contribution is -2.53. The maximum atomic E-state index is 12.0. The summed E-state index contributed by atoms with van der Waals surface area (Å²) in [6.45, 7) is 4.54. The van der Waals surface area contributed by atoms with Gasteiger partial charge in [0.2, 0.25) is 11.8 Å². The fourth-order valence-electron chi connectivity index (χ4n) is 1.82. The van der Waals surface area contributed by atoms with Gasteiger partial charge in [-0.1, -0.05) is 30.3 Å². The molecular weight excluding hydrogens is 326 g/mol. The number of benzene rings is 1. The zero-order valence-electron chi connectivity index (χ0n) is 14.6. The number of alkyl carbamates (subject to hydrolysis) is 1. The molecule has 0 heterocycles. The van der Waals surface area contributed by atoms with E-state index >= 15 is 0 Å². The van der Waals surface area contributed by atoms with Crippen molar-refractivity contribution in [2.24, 2.45) is 0 Å². The highest BCUT2D eigenvalue weighted by atomic mass is 16.5. The average molecular weight is 351 g/mol. The summed E-state index contributed by atoms with van der Waals surface area (Å²) in [7, 11) is 0. The number of rotatable bonds is 8. The molecule has 0 bridgehead atoms. The zero-order chi connectivity index (χ0) is 18.8. The Hall–Kier alpha value is -2.61. The number of aliphatic hydroxyl groups is 1. The summed E-state index contributed by atoms with van der Waals surface area (Å²) >= 11 is 0. The van der Waals surface area contributed by atoms with Crippen molar-refractivity contribution in [3.8, 4) is 0 Å². The zero-order valence-corrected chi connectivity index (χ0v) is 14.6. The van der Waals surface area contributed by atoms with Crippen LogP contribution in [0.2, 0.25) is 0 Å². The van der Waals surface area contributed by atoms with Crippen molar-refractivity contribution in [3.05, 3.63) is 35.9 Å². The third kappa shape index (κ3) is 7.67. The molecule has 0 saturated carbocycles. The second-order valence-corrected chi connectivity index (χ2v) is 5.75. The van der Waals surface area contributed by atoms with Gasteiger partial charge >= 0.3 is 6.09 Å². The molecule has 1 aromatic rings. The maximum absolute atomic E-state index is 12.0. The van der Waals surface area contributed by atoms with E-state index in [4.69, 9.17) is 9.84 Å². The number of hydrogen-bond acceptors (Lipinski definition) is 5. The molecule has 1 aromatic carbocycles. The van der Waals surface area contributed by atoms with Crippen molar-refractivity contribution >= 4 is 17.9 Å². The van der Waals surface area contributed by atoms with Gasteiger partial charge in [0.15, 0.2) is 0 Å². The monoisotopic (exact) mass is 351 g/mol. The van der Waals surface area contributed by atoms with E-state index < -0.39 is 36.0 Å². The smallest absolute Gasteiger partial charge is 0.408 e. The average Bonchev–Trinajstić information content (AvgIpc) is 2.60. The molecule has 0 aliphatic carbocycles. The van der Waals surface area contributed by atoms with Crippen molar-refractivity contribution in [1.29, 1.82) is 0 Å².